The number of hydrogen-bond acceptors (Lipinski definition) is 4. The molecule has 1 heterocycles. The quantitative estimate of drug-likeness (QED) is 0.457. The zero-order chi connectivity index (χ0) is 20.2. The highest BCUT2D eigenvalue weighted by molar-refractivity contribution is 5.90. The van der Waals surface area contributed by atoms with Gasteiger partial charge in [0.15, 0.2) is 5.96 Å². The summed E-state index contributed by atoms with van der Waals surface area (Å²) in [5, 5.41) is 9.26. The van der Waals surface area contributed by atoms with E-state index in [0.29, 0.717) is 31.3 Å². The molecule has 1 amide bonds. The third-order valence-electron chi connectivity index (χ3n) is 4.01. The van der Waals surface area contributed by atoms with E-state index in [1.807, 2.05) is 44.2 Å². The van der Waals surface area contributed by atoms with E-state index < -0.39 is 0 Å². The van der Waals surface area contributed by atoms with E-state index in [2.05, 4.69) is 25.9 Å². The second kappa shape index (κ2) is 11.6. The fourth-order valence-electron chi connectivity index (χ4n) is 2.58. The third-order valence-corrected chi connectivity index (χ3v) is 4.01. The third kappa shape index (κ3) is 7.26. The number of guanidine groups is 1. The number of ether oxygens (including phenoxy) is 1. The van der Waals surface area contributed by atoms with E-state index in [1.54, 1.807) is 19.4 Å². The Morgan fingerprint density at radius 3 is 2.71 bits per heavy atom. The normalized spacial score (nSPS) is 11.0. The van der Waals surface area contributed by atoms with Crippen molar-refractivity contribution in [2.24, 2.45) is 4.99 Å². The number of carbonyl (C=O) groups excluding carboxylic acids is 1. The van der Waals surface area contributed by atoms with Gasteiger partial charge in [0.2, 0.25) is 5.91 Å². The first kappa shape index (κ1) is 21.2. The molecule has 7 nitrogen and oxygen atoms in total. The van der Waals surface area contributed by atoms with Crippen molar-refractivity contribution in [3.8, 4) is 5.75 Å². The molecule has 2 rings (SSSR count). The average Bonchev–Trinajstić information content (AvgIpc) is 2.70. The lowest BCUT2D eigenvalue weighted by atomic mass is 10.1. The lowest BCUT2D eigenvalue weighted by Gasteiger charge is -2.12. The van der Waals surface area contributed by atoms with Crippen LogP contribution in [0.5, 0.6) is 5.75 Å². The Morgan fingerprint density at radius 2 is 2.00 bits per heavy atom. The summed E-state index contributed by atoms with van der Waals surface area (Å²) in [6, 6.07) is 11.7. The molecule has 0 spiro atoms. The number of methoxy groups -OCH3 is 1. The van der Waals surface area contributed by atoms with Crippen molar-refractivity contribution in [3.05, 3.63) is 53.7 Å². The van der Waals surface area contributed by atoms with Crippen LogP contribution in [0.2, 0.25) is 0 Å². The number of nitrogens with zero attached hydrogens (tertiary/aromatic N) is 2. The predicted octanol–water partition coefficient (Wildman–Crippen LogP) is 2.53. The highest BCUT2D eigenvalue weighted by Gasteiger charge is 2.05. The number of anilines is 1. The fourth-order valence-corrected chi connectivity index (χ4v) is 2.58. The highest BCUT2D eigenvalue weighted by atomic mass is 16.5. The van der Waals surface area contributed by atoms with E-state index >= 15 is 0 Å². The number of aromatic nitrogens is 1. The molecule has 3 N–H and O–H groups in total. The maximum atomic E-state index is 12.0. The van der Waals surface area contributed by atoms with Gasteiger partial charge in [0.05, 0.1) is 13.7 Å². The van der Waals surface area contributed by atoms with Crippen LogP contribution in [0.4, 0.5) is 5.82 Å². The minimum absolute atomic E-state index is 0.107. The largest absolute Gasteiger partial charge is 0.496 e. The van der Waals surface area contributed by atoms with E-state index in [0.717, 1.165) is 29.8 Å². The Hall–Kier alpha value is -3.09. The molecule has 0 fully saturated rings. The second-order valence-corrected chi connectivity index (χ2v) is 6.27. The zero-order valence-electron chi connectivity index (χ0n) is 16.8. The van der Waals surface area contributed by atoms with Gasteiger partial charge < -0.3 is 20.7 Å². The summed E-state index contributed by atoms with van der Waals surface area (Å²) in [4.78, 5) is 20.7. The van der Waals surface area contributed by atoms with Crippen LogP contribution < -0.4 is 20.7 Å². The van der Waals surface area contributed by atoms with E-state index in [9.17, 15) is 4.79 Å². The first-order chi connectivity index (χ1) is 13.6. The van der Waals surface area contributed by atoms with Crippen molar-refractivity contribution in [3.63, 3.8) is 0 Å². The highest BCUT2D eigenvalue weighted by Crippen LogP contribution is 2.17. The van der Waals surface area contributed by atoms with Gasteiger partial charge in [0.25, 0.3) is 0 Å². The molecule has 150 valence electrons. The molecule has 28 heavy (non-hydrogen) atoms. The first-order valence-corrected chi connectivity index (χ1v) is 9.49. The maximum Gasteiger partial charge on any atom is 0.227 e. The Bertz CT molecular complexity index is 775. The molecular weight excluding hydrogens is 354 g/mol. The SMILES string of the molecule is CCNC(=NCCC(=O)Nc1ccc(C)cn1)NCCc1ccccc1OC. The predicted molar refractivity (Wildman–Crippen MR) is 113 cm³/mol. The summed E-state index contributed by atoms with van der Waals surface area (Å²) in [7, 11) is 1.68. The number of amides is 1. The van der Waals surface area contributed by atoms with Crippen molar-refractivity contribution in [2.45, 2.75) is 26.7 Å². The molecular formula is C21H29N5O2. The van der Waals surface area contributed by atoms with Crippen LogP contribution >= 0.6 is 0 Å². The van der Waals surface area contributed by atoms with Gasteiger partial charge in [-0.05, 0) is 43.5 Å². The summed E-state index contributed by atoms with van der Waals surface area (Å²) < 4.78 is 5.37. The molecule has 7 heteroatoms. The Labute approximate surface area is 166 Å². The Morgan fingerprint density at radius 1 is 1.18 bits per heavy atom. The lowest BCUT2D eigenvalue weighted by Crippen LogP contribution is -2.38. The van der Waals surface area contributed by atoms with Gasteiger partial charge in [-0.3, -0.25) is 9.79 Å². The van der Waals surface area contributed by atoms with Gasteiger partial charge >= 0.3 is 0 Å². The number of rotatable bonds is 9. The molecule has 0 aliphatic heterocycles. The van der Waals surface area contributed by atoms with E-state index in [-0.39, 0.29) is 5.91 Å². The molecule has 0 saturated carbocycles. The Balaban J connectivity index is 1.79. The summed E-state index contributed by atoms with van der Waals surface area (Å²) in [5.41, 5.74) is 2.19. The molecule has 0 atom stereocenters. The molecule has 0 radical (unpaired) electrons. The number of aryl methyl sites for hydroxylation is 1. The number of carbonyl (C=O) groups is 1. The molecule has 0 aliphatic carbocycles. The van der Waals surface area contributed by atoms with Crippen LogP contribution in [-0.2, 0) is 11.2 Å². The van der Waals surface area contributed by atoms with Crippen molar-refractivity contribution in [2.75, 3.05) is 32.1 Å². The van der Waals surface area contributed by atoms with Gasteiger partial charge in [0.1, 0.15) is 11.6 Å². The molecule has 0 bridgehead atoms. The second-order valence-electron chi connectivity index (χ2n) is 6.27. The smallest absolute Gasteiger partial charge is 0.227 e. The summed E-state index contributed by atoms with van der Waals surface area (Å²) >= 11 is 0. The van der Waals surface area contributed by atoms with Crippen LogP contribution in [0, 0.1) is 6.92 Å². The van der Waals surface area contributed by atoms with Crippen LogP contribution in [-0.4, -0.2) is 43.6 Å². The number of aliphatic imine (C=N–C) groups is 1. The number of para-hydroxylation sites is 1. The van der Waals surface area contributed by atoms with Gasteiger partial charge in [-0.15, -0.1) is 0 Å². The van der Waals surface area contributed by atoms with E-state index in [4.69, 9.17) is 4.74 Å². The number of nitrogens with one attached hydrogen (secondary N) is 3. The fraction of sp³-hybridized carbons (Fsp3) is 0.381. The standard InChI is InChI=1S/C21H29N5O2/c1-4-22-21(23-13-11-17-7-5-6-8-18(17)28-3)24-14-12-20(27)26-19-10-9-16(2)15-25-19/h5-10,15H,4,11-14H2,1-3H3,(H2,22,23,24)(H,25,26,27). The van der Waals surface area contributed by atoms with Crippen molar-refractivity contribution in [1.82, 2.24) is 15.6 Å². The number of pyridine rings is 1. The van der Waals surface area contributed by atoms with E-state index in [1.165, 1.54) is 0 Å². The van der Waals surface area contributed by atoms with Crippen LogP contribution in [0.25, 0.3) is 0 Å². The van der Waals surface area contributed by atoms with Crippen LogP contribution in [0.15, 0.2) is 47.6 Å². The number of benzene rings is 1. The molecule has 2 aromatic rings. The Kier molecular flexibility index (Phi) is 8.78. The number of hydrogen-bond donors (Lipinski definition) is 3. The lowest BCUT2D eigenvalue weighted by molar-refractivity contribution is -0.116. The van der Waals surface area contributed by atoms with Crippen LogP contribution in [0.1, 0.15) is 24.5 Å². The van der Waals surface area contributed by atoms with Crippen molar-refractivity contribution >= 4 is 17.7 Å². The topological polar surface area (TPSA) is 87.6 Å². The molecule has 0 saturated heterocycles. The van der Waals surface area contributed by atoms with Crippen LogP contribution in [0.3, 0.4) is 0 Å². The molecule has 0 unspecified atom stereocenters. The van der Waals surface area contributed by atoms with Gasteiger partial charge in [-0.2, -0.15) is 0 Å². The molecule has 1 aromatic carbocycles. The first-order valence-electron chi connectivity index (χ1n) is 9.49. The molecule has 0 aliphatic rings. The van der Waals surface area contributed by atoms with Crippen molar-refractivity contribution < 1.29 is 9.53 Å². The monoisotopic (exact) mass is 383 g/mol. The summed E-state index contributed by atoms with van der Waals surface area (Å²) in [6.45, 7) is 5.82. The summed E-state index contributed by atoms with van der Waals surface area (Å²) in [5.74, 6) is 2.03. The van der Waals surface area contributed by atoms with Gasteiger partial charge in [0, 0.05) is 25.7 Å². The minimum atomic E-state index is -0.107. The average molecular weight is 383 g/mol. The van der Waals surface area contributed by atoms with Gasteiger partial charge in [-0.1, -0.05) is 24.3 Å². The minimum Gasteiger partial charge on any atom is -0.496 e. The maximum absolute atomic E-state index is 12.0. The zero-order valence-corrected chi connectivity index (χ0v) is 16.8. The van der Waals surface area contributed by atoms with Crippen molar-refractivity contribution in [1.29, 1.82) is 0 Å². The summed E-state index contributed by atoms with van der Waals surface area (Å²) in [6.07, 6.45) is 2.83. The molecule has 1 aromatic heterocycles. The van der Waals surface area contributed by atoms with Gasteiger partial charge in [-0.25, -0.2) is 4.98 Å².